The van der Waals surface area contributed by atoms with Crippen molar-refractivity contribution in [3.63, 3.8) is 0 Å². The van der Waals surface area contributed by atoms with Crippen molar-refractivity contribution < 1.29 is 14.0 Å². The number of carbonyl (C=O) groups is 2. The molecule has 0 aliphatic carbocycles. The van der Waals surface area contributed by atoms with Crippen LogP contribution < -0.4 is 5.32 Å². The molecule has 0 radical (unpaired) electrons. The van der Waals surface area contributed by atoms with Gasteiger partial charge < -0.3 is 10.2 Å². The van der Waals surface area contributed by atoms with Gasteiger partial charge in [0, 0.05) is 23.9 Å². The van der Waals surface area contributed by atoms with Crippen LogP contribution in [0.5, 0.6) is 0 Å². The maximum Gasteiger partial charge on any atom is 0.242 e. The van der Waals surface area contributed by atoms with Gasteiger partial charge in [0.1, 0.15) is 11.9 Å². The molecule has 0 saturated carbocycles. The molecule has 0 aromatic heterocycles. The summed E-state index contributed by atoms with van der Waals surface area (Å²) < 4.78 is 13.2. The van der Waals surface area contributed by atoms with Gasteiger partial charge >= 0.3 is 0 Å². The quantitative estimate of drug-likeness (QED) is 0.589. The summed E-state index contributed by atoms with van der Waals surface area (Å²) in [7, 11) is 0. The maximum absolute atomic E-state index is 13.2. The minimum Gasteiger partial charge on any atom is -0.354 e. The average Bonchev–Trinajstić information content (AvgIpc) is 2.72. The van der Waals surface area contributed by atoms with Crippen molar-refractivity contribution in [3.8, 4) is 0 Å². The van der Waals surface area contributed by atoms with Crippen molar-refractivity contribution in [1.29, 1.82) is 0 Å². The second-order valence-electron chi connectivity index (χ2n) is 6.73. The zero-order valence-corrected chi connectivity index (χ0v) is 18.2. The lowest BCUT2D eigenvalue weighted by Crippen LogP contribution is -2.48. The van der Waals surface area contributed by atoms with E-state index in [1.807, 2.05) is 31.2 Å². The Morgan fingerprint density at radius 1 is 1.10 bits per heavy atom. The summed E-state index contributed by atoms with van der Waals surface area (Å²) in [6.45, 7) is 4.50. The smallest absolute Gasteiger partial charge is 0.242 e. The van der Waals surface area contributed by atoms with Gasteiger partial charge in [0.25, 0.3) is 0 Å². The predicted molar refractivity (Wildman–Crippen MR) is 117 cm³/mol. The summed E-state index contributed by atoms with van der Waals surface area (Å²) in [5, 5.41) is 3.51. The zero-order valence-electron chi connectivity index (χ0n) is 16.7. The Labute approximate surface area is 180 Å². The highest BCUT2D eigenvalue weighted by molar-refractivity contribution is 7.99. The molecule has 29 heavy (non-hydrogen) atoms. The lowest BCUT2D eigenvalue weighted by Gasteiger charge is -2.28. The Balaban J connectivity index is 2.03. The molecule has 0 saturated heterocycles. The van der Waals surface area contributed by atoms with Crippen molar-refractivity contribution >= 4 is 35.2 Å². The van der Waals surface area contributed by atoms with Gasteiger partial charge in [-0.05, 0) is 48.7 Å². The molecule has 2 aromatic rings. The molecule has 0 heterocycles. The largest absolute Gasteiger partial charge is 0.354 e. The Hall–Kier alpha value is -2.05. The molecule has 0 aliphatic rings. The third kappa shape index (κ3) is 7.71. The van der Waals surface area contributed by atoms with Crippen LogP contribution in [0.4, 0.5) is 4.39 Å². The first-order valence-electron chi connectivity index (χ1n) is 9.54. The van der Waals surface area contributed by atoms with E-state index < -0.39 is 6.04 Å². The second kappa shape index (κ2) is 11.8. The number of nitrogens with zero attached hydrogens (tertiary/aromatic N) is 1. The summed E-state index contributed by atoms with van der Waals surface area (Å²) in [4.78, 5) is 26.9. The number of thioether (sulfide) groups is 1. The standard InChI is InChI=1S/C22H26ClFN2O2S/c1-3-12-25-22(28)16(2)26(13-17-6-10-20(24)11-7-17)21(27)15-29-14-18-4-8-19(23)9-5-18/h4-11,16H,3,12-15H2,1-2H3,(H,25,28). The third-order valence-corrected chi connectivity index (χ3v) is 5.63. The fourth-order valence-corrected chi connectivity index (χ4v) is 3.68. The highest BCUT2D eigenvalue weighted by Crippen LogP contribution is 2.18. The molecule has 0 spiro atoms. The number of nitrogens with one attached hydrogen (secondary N) is 1. The lowest BCUT2D eigenvalue weighted by atomic mass is 10.1. The average molecular weight is 437 g/mol. The molecule has 0 fully saturated rings. The summed E-state index contributed by atoms with van der Waals surface area (Å²) >= 11 is 7.38. The topological polar surface area (TPSA) is 49.4 Å². The van der Waals surface area contributed by atoms with Crippen LogP contribution >= 0.6 is 23.4 Å². The number of benzene rings is 2. The van der Waals surface area contributed by atoms with Crippen molar-refractivity contribution in [1.82, 2.24) is 10.2 Å². The number of rotatable bonds is 10. The van der Waals surface area contributed by atoms with Crippen LogP contribution in [0.2, 0.25) is 5.02 Å². The van der Waals surface area contributed by atoms with Gasteiger partial charge in [-0.1, -0.05) is 42.8 Å². The molecule has 0 bridgehead atoms. The predicted octanol–water partition coefficient (Wildman–Crippen LogP) is 4.66. The van der Waals surface area contributed by atoms with Crippen LogP contribution in [0.1, 0.15) is 31.4 Å². The van der Waals surface area contributed by atoms with Crippen LogP contribution in [0.15, 0.2) is 48.5 Å². The number of carbonyl (C=O) groups excluding carboxylic acids is 2. The number of hydrogen-bond donors (Lipinski definition) is 1. The molecule has 7 heteroatoms. The highest BCUT2D eigenvalue weighted by Gasteiger charge is 2.25. The van der Waals surface area contributed by atoms with Crippen LogP contribution in [0.25, 0.3) is 0 Å². The number of hydrogen-bond acceptors (Lipinski definition) is 3. The van der Waals surface area contributed by atoms with Crippen molar-refractivity contribution in [3.05, 3.63) is 70.5 Å². The minimum absolute atomic E-state index is 0.132. The molecule has 0 aliphatic heterocycles. The molecule has 2 aromatic carbocycles. The zero-order chi connectivity index (χ0) is 21.2. The Morgan fingerprint density at radius 3 is 2.34 bits per heavy atom. The summed E-state index contributed by atoms with van der Waals surface area (Å²) in [6, 6.07) is 12.9. The molecule has 4 nitrogen and oxygen atoms in total. The number of halogens is 2. The third-order valence-electron chi connectivity index (χ3n) is 4.39. The van der Waals surface area contributed by atoms with Gasteiger partial charge in [-0.25, -0.2) is 4.39 Å². The van der Waals surface area contributed by atoms with E-state index in [0.717, 1.165) is 17.5 Å². The monoisotopic (exact) mass is 436 g/mol. The van der Waals surface area contributed by atoms with E-state index in [1.54, 1.807) is 24.0 Å². The van der Waals surface area contributed by atoms with Crippen LogP contribution in [-0.4, -0.2) is 35.1 Å². The van der Waals surface area contributed by atoms with E-state index >= 15 is 0 Å². The van der Waals surface area contributed by atoms with E-state index in [2.05, 4.69) is 5.32 Å². The van der Waals surface area contributed by atoms with E-state index in [9.17, 15) is 14.0 Å². The molecular weight excluding hydrogens is 411 g/mol. The molecular formula is C22H26ClFN2O2S. The minimum atomic E-state index is -0.616. The van der Waals surface area contributed by atoms with Crippen molar-refractivity contribution in [2.24, 2.45) is 0 Å². The van der Waals surface area contributed by atoms with E-state index in [4.69, 9.17) is 11.6 Å². The first-order valence-corrected chi connectivity index (χ1v) is 11.1. The van der Waals surface area contributed by atoms with Crippen LogP contribution in [0, 0.1) is 5.82 Å². The van der Waals surface area contributed by atoms with Gasteiger partial charge in [0.05, 0.1) is 5.75 Å². The first kappa shape index (κ1) is 23.2. The lowest BCUT2D eigenvalue weighted by molar-refractivity contribution is -0.138. The van der Waals surface area contributed by atoms with Gasteiger partial charge in [0.15, 0.2) is 0 Å². The van der Waals surface area contributed by atoms with Crippen LogP contribution in [-0.2, 0) is 21.9 Å². The van der Waals surface area contributed by atoms with E-state index in [1.165, 1.54) is 23.9 Å². The summed E-state index contributed by atoms with van der Waals surface area (Å²) in [6.07, 6.45) is 0.821. The Morgan fingerprint density at radius 2 is 1.72 bits per heavy atom. The molecule has 2 rings (SSSR count). The van der Waals surface area contributed by atoms with Crippen molar-refractivity contribution in [2.75, 3.05) is 12.3 Å². The maximum atomic E-state index is 13.2. The van der Waals surface area contributed by atoms with Gasteiger partial charge in [-0.2, -0.15) is 0 Å². The Bertz CT molecular complexity index is 799. The molecule has 1 atom stereocenters. The van der Waals surface area contributed by atoms with Gasteiger partial charge in [-0.3, -0.25) is 9.59 Å². The fourth-order valence-electron chi connectivity index (χ4n) is 2.68. The molecule has 1 N–H and O–H groups in total. The fraction of sp³-hybridized carbons (Fsp3) is 0.364. The number of amides is 2. The van der Waals surface area contributed by atoms with Gasteiger partial charge in [-0.15, -0.1) is 11.8 Å². The van der Waals surface area contributed by atoms with Crippen LogP contribution in [0.3, 0.4) is 0 Å². The van der Waals surface area contributed by atoms with E-state index in [0.29, 0.717) is 17.3 Å². The summed E-state index contributed by atoms with van der Waals surface area (Å²) in [5.74, 6) is 0.259. The molecule has 156 valence electrons. The normalized spacial score (nSPS) is 11.7. The highest BCUT2D eigenvalue weighted by atomic mass is 35.5. The molecule has 2 amide bonds. The second-order valence-corrected chi connectivity index (χ2v) is 8.16. The first-order chi connectivity index (χ1) is 13.9. The SMILES string of the molecule is CCCNC(=O)C(C)N(Cc1ccc(F)cc1)C(=O)CSCc1ccc(Cl)cc1. The summed E-state index contributed by atoms with van der Waals surface area (Å²) in [5.41, 5.74) is 1.85. The van der Waals surface area contributed by atoms with E-state index in [-0.39, 0.29) is 29.9 Å². The van der Waals surface area contributed by atoms with Gasteiger partial charge in [0.2, 0.25) is 11.8 Å². The van der Waals surface area contributed by atoms with Crippen molar-refractivity contribution in [2.45, 2.75) is 38.6 Å². The molecule has 1 unspecified atom stereocenters. The Kier molecular flexibility index (Phi) is 9.48.